The summed E-state index contributed by atoms with van der Waals surface area (Å²) in [4.78, 5) is 0. The fourth-order valence-corrected chi connectivity index (χ4v) is 9.04. The van der Waals surface area contributed by atoms with Gasteiger partial charge in [-0.3, -0.25) is 0 Å². The third-order valence-corrected chi connectivity index (χ3v) is 10.3. The van der Waals surface area contributed by atoms with Gasteiger partial charge in [0, 0.05) is 6.61 Å². The van der Waals surface area contributed by atoms with Gasteiger partial charge < -0.3 is 4.74 Å². The molecule has 0 amide bonds. The first-order chi connectivity index (χ1) is 13.1. The van der Waals surface area contributed by atoms with E-state index in [1.54, 1.807) is 0 Å². The van der Waals surface area contributed by atoms with Gasteiger partial charge >= 0.3 is 0 Å². The molecule has 28 heavy (non-hydrogen) atoms. The van der Waals surface area contributed by atoms with Gasteiger partial charge in [0.25, 0.3) is 0 Å². The van der Waals surface area contributed by atoms with Crippen molar-refractivity contribution in [1.29, 1.82) is 0 Å². The summed E-state index contributed by atoms with van der Waals surface area (Å²) in [6.45, 7) is 18.6. The molecule has 4 aliphatic carbocycles. The fourth-order valence-electron chi connectivity index (χ4n) is 9.04. The van der Waals surface area contributed by atoms with Gasteiger partial charge in [-0.2, -0.15) is 0 Å². The molecule has 4 saturated carbocycles. The Morgan fingerprint density at radius 2 is 1.39 bits per heavy atom. The molecule has 1 spiro atoms. The van der Waals surface area contributed by atoms with Crippen molar-refractivity contribution in [3.8, 4) is 0 Å². The molecule has 8 unspecified atom stereocenters. The van der Waals surface area contributed by atoms with Crippen LogP contribution in [0.15, 0.2) is 0 Å². The van der Waals surface area contributed by atoms with Crippen LogP contribution in [0.1, 0.15) is 106 Å². The first kappa shape index (κ1) is 21.2. The second kappa shape index (κ2) is 7.28. The van der Waals surface area contributed by atoms with E-state index in [-0.39, 0.29) is 0 Å². The largest absolute Gasteiger partial charge is 0.378 e. The van der Waals surface area contributed by atoms with Crippen molar-refractivity contribution in [3.05, 3.63) is 0 Å². The Labute approximate surface area is 175 Å². The van der Waals surface area contributed by atoms with Crippen LogP contribution in [0.3, 0.4) is 0 Å². The third-order valence-electron chi connectivity index (χ3n) is 10.3. The lowest BCUT2D eigenvalue weighted by molar-refractivity contribution is -0.0496. The highest BCUT2D eigenvalue weighted by Gasteiger charge is 2.67. The maximum Gasteiger partial charge on any atom is 0.0578 e. The Kier molecular flexibility index (Phi) is 5.51. The fraction of sp³-hybridized carbons (Fsp3) is 1.00. The van der Waals surface area contributed by atoms with Gasteiger partial charge in [0.05, 0.1) is 6.10 Å². The monoisotopic (exact) mass is 388 g/mol. The Morgan fingerprint density at radius 3 is 2.00 bits per heavy atom. The average molecular weight is 389 g/mol. The molecule has 4 aliphatic rings. The molecule has 0 aliphatic heterocycles. The summed E-state index contributed by atoms with van der Waals surface area (Å²) in [7, 11) is 0. The van der Waals surface area contributed by atoms with Gasteiger partial charge in [0.2, 0.25) is 0 Å². The quantitative estimate of drug-likeness (QED) is 0.478. The number of rotatable bonds is 4. The van der Waals surface area contributed by atoms with E-state index >= 15 is 0 Å². The van der Waals surface area contributed by atoms with E-state index in [4.69, 9.17) is 4.74 Å². The minimum atomic E-state index is 0.526. The first-order valence-corrected chi connectivity index (χ1v) is 12.7. The lowest BCUT2D eigenvalue weighted by Crippen LogP contribution is -2.41. The summed E-state index contributed by atoms with van der Waals surface area (Å²) in [5, 5.41) is 0. The summed E-state index contributed by atoms with van der Waals surface area (Å²) in [6, 6.07) is 0. The zero-order chi connectivity index (χ0) is 20.3. The number of fused-ring (bicyclic) bond motifs is 4. The van der Waals surface area contributed by atoms with Gasteiger partial charge in [0.1, 0.15) is 0 Å². The SMILES string of the molecule is CCC(C)COC1CCC2C(C1)C1(CC(C)(C)C3CCC(C)CC31)CC2(C)C. The molecule has 0 radical (unpaired) electrons. The molecule has 1 nitrogen and oxygen atoms in total. The second-order valence-corrected chi connectivity index (χ2v) is 13.2. The van der Waals surface area contributed by atoms with E-state index in [2.05, 4.69) is 48.5 Å². The molecule has 4 fully saturated rings. The van der Waals surface area contributed by atoms with Crippen LogP contribution in [0.25, 0.3) is 0 Å². The predicted octanol–water partition coefficient (Wildman–Crippen LogP) is 7.73. The van der Waals surface area contributed by atoms with E-state index in [9.17, 15) is 0 Å². The molecule has 0 aromatic carbocycles. The first-order valence-electron chi connectivity index (χ1n) is 12.7. The van der Waals surface area contributed by atoms with Crippen molar-refractivity contribution in [2.45, 2.75) is 112 Å². The molecular weight excluding hydrogens is 340 g/mol. The molecule has 4 rings (SSSR count). The second-order valence-electron chi connectivity index (χ2n) is 13.2. The summed E-state index contributed by atoms with van der Waals surface area (Å²) in [5.74, 6) is 5.45. The number of hydrogen-bond acceptors (Lipinski definition) is 1. The summed E-state index contributed by atoms with van der Waals surface area (Å²) in [6.07, 6.45) is 13.3. The Bertz CT molecular complexity index is 559. The standard InChI is InChI=1S/C27H48O/c1-8-18(2)15-28-20-10-12-22-24(14-20)27(17-26(22,6)7)16-25(4,5)21-11-9-19(3)13-23(21)27/h18-24H,8-17H2,1-7H3. The van der Waals surface area contributed by atoms with Crippen molar-refractivity contribution in [2.24, 2.45) is 51.8 Å². The summed E-state index contributed by atoms with van der Waals surface area (Å²) in [5.41, 5.74) is 1.67. The van der Waals surface area contributed by atoms with Crippen molar-refractivity contribution in [3.63, 3.8) is 0 Å². The molecular formula is C27H48O. The van der Waals surface area contributed by atoms with Crippen molar-refractivity contribution >= 4 is 0 Å². The molecule has 0 aromatic heterocycles. The molecule has 0 saturated heterocycles. The number of hydrogen-bond donors (Lipinski definition) is 0. The lowest BCUT2D eigenvalue weighted by Gasteiger charge is -2.47. The van der Waals surface area contributed by atoms with Gasteiger partial charge in [-0.1, -0.05) is 61.3 Å². The Hall–Kier alpha value is -0.0400. The molecule has 1 heteroatoms. The summed E-state index contributed by atoms with van der Waals surface area (Å²) >= 11 is 0. The van der Waals surface area contributed by atoms with Gasteiger partial charge in [-0.25, -0.2) is 0 Å². The zero-order valence-corrected chi connectivity index (χ0v) is 20.0. The van der Waals surface area contributed by atoms with E-state index in [0.29, 0.717) is 28.3 Å². The van der Waals surface area contributed by atoms with E-state index < -0.39 is 0 Å². The third kappa shape index (κ3) is 3.40. The predicted molar refractivity (Wildman–Crippen MR) is 119 cm³/mol. The summed E-state index contributed by atoms with van der Waals surface area (Å²) < 4.78 is 6.52. The molecule has 8 atom stereocenters. The highest BCUT2D eigenvalue weighted by Crippen LogP contribution is 2.75. The normalized spacial score (nSPS) is 47.7. The minimum absolute atomic E-state index is 0.526. The molecule has 0 heterocycles. The average Bonchev–Trinajstić information content (AvgIpc) is 2.99. The van der Waals surface area contributed by atoms with Gasteiger partial charge in [-0.15, -0.1) is 0 Å². The van der Waals surface area contributed by atoms with Crippen LogP contribution in [0.2, 0.25) is 0 Å². The molecule has 0 N–H and O–H groups in total. The topological polar surface area (TPSA) is 9.23 Å². The Morgan fingerprint density at radius 1 is 0.821 bits per heavy atom. The Balaban J connectivity index is 1.61. The zero-order valence-electron chi connectivity index (χ0n) is 20.0. The smallest absolute Gasteiger partial charge is 0.0578 e. The number of ether oxygens (including phenoxy) is 1. The van der Waals surface area contributed by atoms with Crippen LogP contribution in [-0.4, -0.2) is 12.7 Å². The van der Waals surface area contributed by atoms with Crippen molar-refractivity contribution < 1.29 is 4.74 Å². The van der Waals surface area contributed by atoms with Gasteiger partial charge in [0.15, 0.2) is 0 Å². The van der Waals surface area contributed by atoms with Crippen LogP contribution >= 0.6 is 0 Å². The maximum absolute atomic E-state index is 6.52. The highest BCUT2D eigenvalue weighted by molar-refractivity contribution is 5.16. The lowest BCUT2D eigenvalue weighted by atomic mass is 9.59. The van der Waals surface area contributed by atoms with Crippen LogP contribution < -0.4 is 0 Å². The van der Waals surface area contributed by atoms with E-state index in [1.807, 2.05) is 0 Å². The van der Waals surface area contributed by atoms with Gasteiger partial charge in [-0.05, 0) is 96.7 Å². The molecule has 0 aromatic rings. The maximum atomic E-state index is 6.52. The van der Waals surface area contributed by atoms with Crippen molar-refractivity contribution in [2.75, 3.05) is 6.61 Å². The van der Waals surface area contributed by atoms with Crippen LogP contribution in [0.5, 0.6) is 0 Å². The van der Waals surface area contributed by atoms with Crippen LogP contribution in [0.4, 0.5) is 0 Å². The van der Waals surface area contributed by atoms with Crippen LogP contribution in [-0.2, 0) is 4.74 Å². The molecule has 0 bridgehead atoms. The molecule has 162 valence electrons. The highest BCUT2D eigenvalue weighted by atomic mass is 16.5. The van der Waals surface area contributed by atoms with E-state index in [1.165, 1.54) is 57.8 Å². The van der Waals surface area contributed by atoms with E-state index in [0.717, 1.165) is 36.2 Å². The minimum Gasteiger partial charge on any atom is -0.378 e. The van der Waals surface area contributed by atoms with Crippen LogP contribution in [0, 0.1) is 51.8 Å². The van der Waals surface area contributed by atoms with Crippen molar-refractivity contribution in [1.82, 2.24) is 0 Å².